The van der Waals surface area contributed by atoms with Gasteiger partial charge in [0.2, 0.25) is 11.8 Å². The third kappa shape index (κ3) is 19.6. The smallest absolute Gasteiger partial charge is 0.393 e. The SMILES string of the molecule is CCCCC[C@H](O)/C=C/[C@@H]1[C@@H](C/C=C\CCCC(=O)SCCNC(=O)CCNC(=O)[C@H](O)C(C)(C)COP(=O)(O)OP(=O)(O)OC[C@H]2O[C@@H](n3cnc4c(N)ncnc43)[C@H](O)[C@@H]2OP(=O)(O)O)[C@@H](O)C[C@H]1O. The van der Waals surface area contributed by atoms with Crippen molar-refractivity contribution < 1.29 is 95.8 Å². The van der Waals surface area contributed by atoms with Crippen molar-refractivity contribution >= 4 is 69.1 Å². The van der Waals surface area contributed by atoms with Gasteiger partial charge in [-0.2, -0.15) is 4.31 Å². The molecule has 4 rings (SSSR count). The lowest BCUT2D eigenvalue weighted by atomic mass is 9.87. The lowest BCUT2D eigenvalue weighted by molar-refractivity contribution is -0.137. The number of aliphatic hydroxyl groups excluding tert-OH is 5. The monoisotopic (exact) mass is 1100 g/mol. The van der Waals surface area contributed by atoms with E-state index in [-0.39, 0.29) is 59.9 Å². The number of phosphoric ester groups is 3. The number of nitrogens with one attached hydrogen (secondary N) is 2. The standard InChI is InChI=1S/C41H68N7O20P3S/c1-4-5-8-11-25(49)14-15-27-26(28(50)20-29(27)51)12-9-6-7-10-13-32(53)72-19-18-43-31(52)16-17-44-39(56)36(55)41(2,3)22-65-71(62,63)68-70(60,61)64-21-30-35(67-69(57,58)59)34(54)40(66-30)48-24-47-33-37(42)45-23-46-38(33)48/h6,9,14-15,23-30,34-36,40,49-51,54-55H,4-5,7-8,10-13,16-22H2,1-3H3,(H,43,52)(H,44,56)(H,60,61)(H,62,63)(H2,42,45,46)(H2,57,58,59)/b9-6-,15-14+/t25-,26+,27+,28-,29+,30+,34+,35+,36-,40+/m0/s1. The van der Waals surface area contributed by atoms with Crippen LogP contribution in [0.15, 0.2) is 37.0 Å². The number of carbonyl (C=O) groups is 3. The van der Waals surface area contributed by atoms with Crippen LogP contribution < -0.4 is 16.4 Å². The van der Waals surface area contributed by atoms with Gasteiger partial charge in [0.05, 0.1) is 37.9 Å². The van der Waals surface area contributed by atoms with Gasteiger partial charge < -0.3 is 66.2 Å². The highest BCUT2D eigenvalue weighted by atomic mass is 32.2. The largest absolute Gasteiger partial charge is 0.481 e. The number of rotatable bonds is 31. The minimum Gasteiger partial charge on any atom is -0.393 e. The summed E-state index contributed by atoms with van der Waals surface area (Å²) >= 11 is 1.06. The maximum Gasteiger partial charge on any atom is 0.481 e. The normalized spacial score (nSPS) is 25.4. The van der Waals surface area contributed by atoms with Crippen LogP contribution in [0.1, 0.15) is 91.2 Å². The first-order chi connectivity index (χ1) is 33.7. The molecule has 2 unspecified atom stereocenters. The molecular formula is C41H68N7O20P3S. The van der Waals surface area contributed by atoms with E-state index in [1.54, 1.807) is 6.08 Å². The number of amides is 2. The van der Waals surface area contributed by atoms with Crippen molar-refractivity contribution in [3.05, 3.63) is 37.0 Å². The Bertz CT molecular complexity index is 2310. The van der Waals surface area contributed by atoms with Crippen LogP contribution in [0, 0.1) is 17.3 Å². The van der Waals surface area contributed by atoms with Gasteiger partial charge in [0.1, 0.15) is 36.3 Å². The molecule has 0 spiro atoms. The summed E-state index contributed by atoms with van der Waals surface area (Å²) in [5, 5.41) is 57.7. The molecular weight excluding hydrogens is 1040 g/mol. The highest BCUT2D eigenvalue weighted by Crippen LogP contribution is 2.61. The predicted molar refractivity (Wildman–Crippen MR) is 258 cm³/mol. The lowest BCUT2D eigenvalue weighted by Gasteiger charge is -2.30. The molecule has 1 saturated carbocycles. The Morgan fingerprint density at radius 3 is 2.40 bits per heavy atom. The van der Waals surface area contributed by atoms with Gasteiger partial charge in [-0.3, -0.25) is 32.5 Å². The number of aliphatic hydroxyl groups is 5. The fourth-order valence-corrected chi connectivity index (χ4v) is 11.3. The van der Waals surface area contributed by atoms with Crippen LogP contribution in [-0.4, -0.2) is 156 Å². The molecule has 2 aromatic heterocycles. The van der Waals surface area contributed by atoms with Crippen LogP contribution in [-0.2, 0) is 50.7 Å². The van der Waals surface area contributed by atoms with E-state index in [2.05, 4.69) is 41.3 Å². The number of hydrogen-bond donors (Lipinski definition) is 12. The minimum atomic E-state index is -5.60. The molecule has 27 nitrogen and oxygen atoms in total. The zero-order valence-corrected chi connectivity index (χ0v) is 43.5. The molecule has 0 bridgehead atoms. The highest BCUT2D eigenvalue weighted by molar-refractivity contribution is 8.13. The van der Waals surface area contributed by atoms with Crippen molar-refractivity contribution in [2.75, 3.05) is 37.8 Å². The average Bonchev–Trinajstić information content (AvgIpc) is 3.94. The molecule has 2 aliphatic rings. The number of nitrogens with two attached hydrogens (primary N) is 1. The average molecular weight is 1100 g/mol. The van der Waals surface area contributed by atoms with E-state index in [1.165, 1.54) is 13.8 Å². The summed E-state index contributed by atoms with van der Waals surface area (Å²) in [5.74, 6) is -1.66. The number of allylic oxidation sites excluding steroid dienone is 2. The van der Waals surface area contributed by atoms with Crippen LogP contribution in [0.5, 0.6) is 0 Å². The second-order valence-electron chi connectivity index (χ2n) is 17.9. The number of fused-ring (bicyclic) bond motifs is 1. The fraction of sp³-hybridized carbons (Fsp3) is 0.707. The molecule has 1 aliphatic carbocycles. The van der Waals surface area contributed by atoms with E-state index in [0.29, 0.717) is 37.9 Å². The molecule has 13 N–H and O–H groups in total. The Labute approximate surface area is 419 Å². The van der Waals surface area contributed by atoms with E-state index in [0.717, 1.165) is 48.2 Å². The molecule has 408 valence electrons. The van der Waals surface area contributed by atoms with Gasteiger partial charge in [0, 0.05) is 49.4 Å². The number of nitrogen functional groups attached to an aromatic ring is 1. The Morgan fingerprint density at radius 2 is 1.69 bits per heavy atom. The predicted octanol–water partition coefficient (Wildman–Crippen LogP) is 1.64. The number of imidazole rings is 1. The van der Waals surface area contributed by atoms with Gasteiger partial charge in [0.15, 0.2) is 22.8 Å². The third-order valence-electron chi connectivity index (χ3n) is 11.7. The third-order valence-corrected chi connectivity index (χ3v) is 15.7. The number of nitrogens with zero attached hydrogens (tertiary/aromatic N) is 4. The van der Waals surface area contributed by atoms with E-state index in [4.69, 9.17) is 19.5 Å². The van der Waals surface area contributed by atoms with Crippen molar-refractivity contribution in [3.63, 3.8) is 0 Å². The lowest BCUT2D eigenvalue weighted by Crippen LogP contribution is -2.46. The number of phosphoric acid groups is 3. The van der Waals surface area contributed by atoms with Crippen molar-refractivity contribution in [3.8, 4) is 0 Å². The molecule has 72 heavy (non-hydrogen) atoms. The maximum absolute atomic E-state index is 12.8. The zero-order chi connectivity index (χ0) is 53.4. The molecule has 2 amide bonds. The first-order valence-electron chi connectivity index (χ1n) is 23.2. The number of thioether (sulfide) groups is 1. The molecule has 2 aromatic rings. The molecule has 1 aliphatic heterocycles. The second-order valence-corrected chi connectivity index (χ2v) is 23.3. The summed E-state index contributed by atoms with van der Waals surface area (Å²) in [6.07, 6.45) is 4.45. The van der Waals surface area contributed by atoms with Crippen LogP contribution in [0.25, 0.3) is 11.2 Å². The Balaban J connectivity index is 1.11. The van der Waals surface area contributed by atoms with Crippen LogP contribution >= 0.6 is 35.2 Å². The van der Waals surface area contributed by atoms with Gasteiger partial charge in [-0.15, -0.1) is 0 Å². The molecule has 2 fully saturated rings. The van der Waals surface area contributed by atoms with Crippen LogP contribution in [0.2, 0.25) is 0 Å². The number of aromatic nitrogens is 4. The fourth-order valence-electron chi connectivity index (χ4n) is 7.77. The number of carbonyl (C=O) groups excluding carboxylic acids is 3. The van der Waals surface area contributed by atoms with Gasteiger partial charge in [-0.05, 0) is 31.6 Å². The highest BCUT2D eigenvalue weighted by Gasteiger charge is 2.50. The van der Waals surface area contributed by atoms with Crippen molar-refractivity contribution in [2.24, 2.45) is 17.3 Å². The van der Waals surface area contributed by atoms with E-state index >= 15 is 0 Å². The number of anilines is 1. The molecule has 0 radical (unpaired) electrons. The van der Waals surface area contributed by atoms with Gasteiger partial charge in [-0.1, -0.05) is 76.1 Å². The molecule has 31 heteroatoms. The summed E-state index contributed by atoms with van der Waals surface area (Å²) in [6, 6.07) is 0. The Morgan fingerprint density at radius 1 is 0.972 bits per heavy atom. The molecule has 12 atom stereocenters. The summed E-state index contributed by atoms with van der Waals surface area (Å²) in [5.41, 5.74) is 4.23. The summed E-state index contributed by atoms with van der Waals surface area (Å²) in [4.78, 5) is 88.6. The first kappa shape index (κ1) is 61.5. The summed E-state index contributed by atoms with van der Waals surface area (Å²) in [6.45, 7) is 2.45. The van der Waals surface area contributed by atoms with Gasteiger partial charge in [-0.25, -0.2) is 28.6 Å². The zero-order valence-electron chi connectivity index (χ0n) is 40.0. The van der Waals surface area contributed by atoms with E-state index < -0.39 is 103 Å². The van der Waals surface area contributed by atoms with Crippen molar-refractivity contribution in [2.45, 2.75) is 134 Å². The topological polar surface area (TPSA) is 424 Å². The van der Waals surface area contributed by atoms with E-state index in [1.807, 2.05) is 18.2 Å². The van der Waals surface area contributed by atoms with Gasteiger partial charge >= 0.3 is 23.5 Å². The second kappa shape index (κ2) is 28.2. The first-order valence-corrected chi connectivity index (χ1v) is 28.7. The minimum absolute atomic E-state index is 0.0220. The maximum atomic E-state index is 12.8. The quantitative estimate of drug-likeness (QED) is 0.0290. The van der Waals surface area contributed by atoms with Crippen molar-refractivity contribution in [1.82, 2.24) is 30.2 Å². The Kier molecular flexibility index (Phi) is 24.0. The Hall–Kier alpha value is -3.08. The van der Waals surface area contributed by atoms with Crippen LogP contribution in [0.4, 0.5) is 5.82 Å². The van der Waals surface area contributed by atoms with Gasteiger partial charge in [0.25, 0.3) is 0 Å². The molecule has 0 aromatic carbocycles. The number of ether oxygens (including phenoxy) is 1. The van der Waals surface area contributed by atoms with Crippen molar-refractivity contribution in [1.29, 1.82) is 0 Å². The molecule has 3 heterocycles. The molecule has 1 saturated heterocycles. The number of unbranched alkanes of at least 4 members (excludes halogenated alkanes) is 3. The number of hydrogen-bond acceptors (Lipinski definition) is 21. The van der Waals surface area contributed by atoms with E-state index in [9.17, 15) is 73.2 Å². The summed E-state index contributed by atoms with van der Waals surface area (Å²) in [7, 11) is -16.5. The summed E-state index contributed by atoms with van der Waals surface area (Å²) < 4.78 is 62.5. The van der Waals surface area contributed by atoms with Crippen LogP contribution in [0.3, 0.4) is 0 Å².